The van der Waals surface area contributed by atoms with E-state index in [4.69, 9.17) is 0 Å². The molecule has 0 aliphatic carbocycles. The Balaban J connectivity index is 1.69. The number of rotatable bonds is 4. The number of phenolic OH excluding ortho intramolecular Hbond substituents is 1. The molecule has 128 valence electrons. The Bertz CT molecular complexity index is 827. The third-order valence-electron chi connectivity index (χ3n) is 4.44. The average molecular weight is 331 g/mol. The first-order valence-corrected chi connectivity index (χ1v) is 8.65. The van der Waals surface area contributed by atoms with Crippen molar-refractivity contribution in [3.8, 4) is 16.9 Å². The van der Waals surface area contributed by atoms with Gasteiger partial charge in [-0.3, -0.25) is 0 Å². The van der Waals surface area contributed by atoms with Crippen molar-refractivity contribution in [1.29, 1.82) is 0 Å². The molecule has 3 aromatic rings. The summed E-state index contributed by atoms with van der Waals surface area (Å²) < 4.78 is 0. The van der Waals surface area contributed by atoms with Gasteiger partial charge in [0.1, 0.15) is 5.75 Å². The van der Waals surface area contributed by atoms with Crippen molar-refractivity contribution >= 4 is 5.69 Å². The fourth-order valence-corrected chi connectivity index (χ4v) is 2.80. The first-order valence-electron chi connectivity index (χ1n) is 8.65. The summed E-state index contributed by atoms with van der Waals surface area (Å²) in [5, 5.41) is 13.2. The number of aromatic hydroxyl groups is 1. The minimum Gasteiger partial charge on any atom is -0.508 e. The standard InChI is InChI=1S/C23H25NO/c1-23(2,3)20-12-8-17(9-13-20)18-10-14-21(15-11-18)24-16-19-6-4-5-7-22(19)25/h4-15,24-25H,16H2,1-3H3. The van der Waals surface area contributed by atoms with E-state index in [1.54, 1.807) is 6.07 Å². The highest BCUT2D eigenvalue weighted by molar-refractivity contribution is 5.66. The predicted molar refractivity (Wildman–Crippen MR) is 106 cm³/mol. The van der Waals surface area contributed by atoms with Crippen LogP contribution in [-0.4, -0.2) is 5.11 Å². The summed E-state index contributed by atoms with van der Waals surface area (Å²) >= 11 is 0. The highest BCUT2D eigenvalue weighted by atomic mass is 16.3. The molecule has 2 nitrogen and oxygen atoms in total. The summed E-state index contributed by atoms with van der Waals surface area (Å²) in [6.07, 6.45) is 0. The van der Waals surface area contributed by atoms with E-state index in [2.05, 4.69) is 74.6 Å². The van der Waals surface area contributed by atoms with Gasteiger partial charge in [0.25, 0.3) is 0 Å². The Morgan fingerprint density at radius 2 is 1.32 bits per heavy atom. The minimum absolute atomic E-state index is 0.176. The number of phenols is 1. The number of nitrogens with one attached hydrogen (secondary N) is 1. The van der Waals surface area contributed by atoms with Crippen LogP contribution in [-0.2, 0) is 12.0 Å². The molecule has 0 aliphatic heterocycles. The van der Waals surface area contributed by atoms with Gasteiger partial charge in [-0.05, 0) is 40.3 Å². The number of hydrogen-bond donors (Lipinski definition) is 2. The zero-order chi connectivity index (χ0) is 17.9. The maximum Gasteiger partial charge on any atom is 0.120 e. The Labute approximate surface area is 150 Å². The molecule has 0 spiro atoms. The van der Waals surface area contributed by atoms with Gasteiger partial charge in [-0.1, -0.05) is 75.4 Å². The van der Waals surface area contributed by atoms with Crippen LogP contribution in [0.3, 0.4) is 0 Å². The molecule has 0 heterocycles. The second-order valence-corrected chi connectivity index (χ2v) is 7.39. The molecule has 0 atom stereocenters. The van der Waals surface area contributed by atoms with Crippen LogP contribution in [0.1, 0.15) is 31.9 Å². The van der Waals surface area contributed by atoms with Crippen molar-refractivity contribution in [2.45, 2.75) is 32.7 Å². The summed E-state index contributed by atoms with van der Waals surface area (Å²) in [5.41, 5.74) is 5.88. The molecule has 0 aromatic heterocycles. The fourth-order valence-electron chi connectivity index (χ4n) is 2.80. The second-order valence-electron chi connectivity index (χ2n) is 7.39. The monoisotopic (exact) mass is 331 g/mol. The summed E-state index contributed by atoms with van der Waals surface area (Å²) in [5.74, 6) is 0.325. The summed E-state index contributed by atoms with van der Waals surface area (Å²) in [4.78, 5) is 0. The van der Waals surface area contributed by atoms with E-state index in [9.17, 15) is 5.11 Å². The number of para-hydroxylation sites is 1. The van der Waals surface area contributed by atoms with E-state index in [-0.39, 0.29) is 5.41 Å². The van der Waals surface area contributed by atoms with E-state index in [0.717, 1.165) is 11.3 Å². The van der Waals surface area contributed by atoms with Crippen LogP contribution in [0, 0.1) is 0 Å². The lowest BCUT2D eigenvalue weighted by Crippen LogP contribution is -2.10. The number of anilines is 1. The Morgan fingerprint density at radius 3 is 1.88 bits per heavy atom. The van der Waals surface area contributed by atoms with Gasteiger partial charge in [0.15, 0.2) is 0 Å². The van der Waals surface area contributed by atoms with Crippen LogP contribution < -0.4 is 5.32 Å². The topological polar surface area (TPSA) is 32.3 Å². The quantitative estimate of drug-likeness (QED) is 0.617. The van der Waals surface area contributed by atoms with Crippen LogP contribution in [0.5, 0.6) is 5.75 Å². The van der Waals surface area contributed by atoms with Crippen molar-refractivity contribution in [2.75, 3.05) is 5.32 Å². The highest BCUT2D eigenvalue weighted by Gasteiger charge is 2.13. The third kappa shape index (κ3) is 4.21. The lowest BCUT2D eigenvalue weighted by molar-refractivity contribution is 0.469. The molecular formula is C23H25NO. The summed E-state index contributed by atoms with van der Waals surface area (Å²) in [6.45, 7) is 7.29. The molecule has 3 aromatic carbocycles. The number of hydrogen-bond acceptors (Lipinski definition) is 2. The molecule has 0 bridgehead atoms. The first kappa shape index (κ1) is 17.1. The average Bonchev–Trinajstić information content (AvgIpc) is 2.61. The van der Waals surface area contributed by atoms with Gasteiger partial charge in [0, 0.05) is 17.8 Å². The van der Waals surface area contributed by atoms with Crippen LogP contribution in [0.2, 0.25) is 0 Å². The normalized spacial score (nSPS) is 11.3. The Kier molecular flexibility index (Phi) is 4.80. The molecule has 3 rings (SSSR count). The van der Waals surface area contributed by atoms with Gasteiger partial charge in [-0.15, -0.1) is 0 Å². The van der Waals surface area contributed by atoms with Crippen molar-refractivity contribution in [3.63, 3.8) is 0 Å². The molecule has 2 heteroatoms. The second kappa shape index (κ2) is 7.02. The fraction of sp³-hybridized carbons (Fsp3) is 0.217. The maximum absolute atomic E-state index is 9.82. The van der Waals surface area contributed by atoms with Gasteiger partial charge < -0.3 is 10.4 Å². The van der Waals surface area contributed by atoms with Gasteiger partial charge in [0.2, 0.25) is 0 Å². The molecule has 0 amide bonds. The third-order valence-corrected chi connectivity index (χ3v) is 4.44. The van der Waals surface area contributed by atoms with Crippen LogP contribution in [0.4, 0.5) is 5.69 Å². The van der Waals surface area contributed by atoms with E-state index in [0.29, 0.717) is 12.3 Å². The van der Waals surface area contributed by atoms with E-state index >= 15 is 0 Å². The molecule has 0 aliphatic rings. The van der Waals surface area contributed by atoms with Crippen molar-refractivity contribution < 1.29 is 5.11 Å². The molecule has 25 heavy (non-hydrogen) atoms. The molecular weight excluding hydrogens is 306 g/mol. The Morgan fingerprint density at radius 1 is 0.760 bits per heavy atom. The van der Waals surface area contributed by atoms with Gasteiger partial charge in [-0.2, -0.15) is 0 Å². The van der Waals surface area contributed by atoms with E-state index < -0.39 is 0 Å². The van der Waals surface area contributed by atoms with Crippen LogP contribution in [0.15, 0.2) is 72.8 Å². The summed E-state index contributed by atoms with van der Waals surface area (Å²) in [7, 11) is 0. The molecule has 0 fully saturated rings. The van der Waals surface area contributed by atoms with Gasteiger partial charge in [0.05, 0.1) is 0 Å². The largest absolute Gasteiger partial charge is 0.508 e. The lowest BCUT2D eigenvalue weighted by Gasteiger charge is -2.19. The maximum atomic E-state index is 9.82. The van der Waals surface area contributed by atoms with Crippen molar-refractivity contribution in [1.82, 2.24) is 0 Å². The van der Waals surface area contributed by atoms with E-state index in [1.165, 1.54) is 16.7 Å². The minimum atomic E-state index is 0.176. The highest BCUT2D eigenvalue weighted by Crippen LogP contribution is 2.27. The van der Waals surface area contributed by atoms with Crippen molar-refractivity contribution in [2.24, 2.45) is 0 Å². The zero-order valence-corrected chi connectivity index (χ0v) is 15.1. The lowest BCUT2D eigenvalue weighted by atomic mass is 9.86. The Hall–Kier alpha value is -2.74. The van der Waals surface area contributed by atoms with Crippen molar-refractivity contribution in [3.05, 3.63) is 83.9 Å². The molecule has 0 saturated carbocycles. The first-order chi connectivity index (χ1) is 11.9. The molecule has 2 N–H and O–H groups in total. The SMILES string of the molecule is CC(C)(C)c1ccc(-c2ccc(NCc3ccccc3O)cc2)cc1. The summed E-state index contributed by atoms with van der Waals surface area (Å²) in [6, 6.07) is 24.6. The number of benzene rings is 3. The molecule has 0 saturated heterocycles. The predicted octanol–water partition coefficient (Wildman–Crippen LogP) is 5.97. The van der Waals surface area contributed by atoms with Gasteiger partial charge >= 0.3 is 0 Å². The van der Waals surface area contributed by atoms with E-state index in [1.807, 2.05) is 18.2 Å². The zero-order valence-electron chi connectivity index (χ0n) is 15.1. The molecule has 0 unspecified atom stereocenters. The van der Waals surface area contributed by atoms with Gasteiger partial charge in [-0.25, -0.2) is 0 Å². The molecule has 0 radical (unpaired) electrons. The van der Waals surface area contributed by atoms with Crippen LogP contribution in [0.25, 0.3) is 11.1 Å². The smallest absolute Gasteiger partial charge is 0.120 e. The van der Waals surface area contributed by atoms with Crippen LogP contribution >= 0.6 is 0 Å².